The Hall–Kier alpha value is -1.24. The third-order valence-corrected chi connectivity index (χ3v) is 4.59. The topological polar surface area (TPSA) is 51.2 Å². The fourth-order valence-electron chi connectivity index (χ4n) is 1.73. The van der Waals surface area contributed by atoms with E-state index < -0.39 is 0 Å². The normalized spacial score (nSPS) is 12.2. The van der Waals surface area contributed by atoms with Gasteiger partial charge in [-0.15, -0.1) is 11.3 Å². The first-order chi connectivity index (χ1) is 9.61. The number of nitrogens with zero attached hydrogens (tertiary/aromatic N) is 1. The highest BCUT2D eigenvalue weighted by atomic mass is 79.9. The summed E-state index contributed by atoms with van der Waals surface area (Å²) in [5.41, 5.74) is 1.62. The Bertz CT molecular complexity index is 587. The predicted octanol–water partition coefficient (Wildman–Crippen LogP) is 3.54. The van der Waals surface area contributed by atoms with Gasteiger partial charge < -0.3 is 10.1 Å². The zero-order valence-corrected chi connectivity index (χ0v) is 13.6. The lowest BCUT2D eigenvalue weighted by atomic mass is 10.1. The molecule has 0 aliphatic rings. The number of carbonyl (C=O) groups is 1. The van der Waals surface area contributed by atoms with Crippen LogP contribution < -0.4 is 5.32 Å². The number of hydrogen-bond acceptors (Lipinski definition) is 5. The van der Waals surface area contributed by atoms with E-state index in [-0.39, 0.29) is 12.0 Å². The molecule has 6 heteroatoms. The summed E-state index contributed by atoms with van der Waals surface area (Å²) in [6, 6.07) is 5.65. The molecule has 1 aromatic heterocycles. The third kappa shape index (κ3) is 3.65. The van der Waals surface area contributed by atoms with E-state index in [1.807, 2.05) is 11.4 Å². The standard InChI is InChI=1S/C14H15BrN2O2S/c1-9(13-16-5-6-20-13)17-8-11-4-3-10(7-12(11)15)14(18)19-2/h3-7,9,17H,8H2,1-2H3. The molecule has 1 atom stereocenters. The SMILES string of the molecule is COC(=O)c1ccc(CNC(C)c2nccs2)c(Br)c1. The molecule has 106 valence electrons. The molecule has 0 amide bonds. The Labute approximate surface area is 130 Å². The number of rotatable bonds is 5. The number of aromatic nitrogens is 1. The number of carbonyl (C=O) groups excluding carboxylic acids is 1. The summed E-state index contributed by atoms with van der Waals surface area (Å²) in [5.74, 6) is -0.332. The molecule has 1 N–H and O–H groups in total. The lowest BCUT2D eigenvalue weighted by Gasteiger charge is -2.12. The minimum absolute atomic E-state index is 0.196. The summed E-state index contributed by atoms with van der Waals surface area (Å²) in [4.78, 5) is 15.7. The molecule has 0 aliphatic heterocycles. The average Bonchev–Trinajstić information content (AvgIpc) is 2.99. The van der Waals surface area contributed by atoms with Crippen molar-refractivity contribution < 1.29 is 9.53 Å². The first kappa shape index (κ1) is 15.2. The van der Waals surface area contributed by atoms with Crippen LogP contribution in [0.15, 0.2) is 34.2 Å². The molecule has 2 rings (SSSR count). The largest absolute Gasteiger partial charge is 0.465 e. The summed E-state index contributed by atoms with van der Waals surface area (Å²) in [5, 5.41) is 6.44. The molecule has 1 heterocycles. The van der Waals surface area contributed by atoms with Gasteiger partial charge in [-0.2, -0.15) is 0 Å². The first-order valence-electron chi connectivity index (χ1n) is 6.11. The van der Waals surface area contributed by atoms with Gasteiger partial charge in [-0.3, -0.25) is 0 Å². The molecule has 4 nitrogen and oxygen atoms in total. The van der Waals surface area contributed by atoms with Gasteiger partial charge >= 0.3 is 5.97 Å². The van der Waals surface area contributed by atoms with Crippen LogP contribution in [0.2, 0.25) is 0 Å². The number of thiazole rings is 1. The predicted molar refractivity (Wildman–Crippen MR) is 82.9 cm³/mol. The summed E-state index contributed by atoms with van der Waals surface area (Å²) < 4.78 is 5.58. The van der Waals surface area contributed by atoms with Crippen molar-refractivity contribution in [3.8, 4) is 0 Å². The molecule has 0 aliphatic carbocycles. The lowest BCUT2D eigenvalue weighted by Crippen LogP contribution is -2.18. The van der Waals surface area contributed by atoms with Crippen LogP contribution in [0, 0.1) is 0 Å². The van der Waals surface area contributed by atoms with Crippen molar-refractivity contribution in [3.05, 3.63) is 50.4 Å². The van der Waals surface area contributed by atoms with E-state index in [2.05, 4.69) is 33.2 Å². The minimum Gasteiger partial charge on any atom is -0.465 e. The number of halogens is 1. The van der Waals surface area contributed by atoms with Crippen molar-refractivity contribution in [2.24, 2.45) is 0 Å². The van der Waals surface area contributed by atoms with E-state index in [4.69, 9.17) is 4.74 Å². The molecule has 0 bridgehead atoms. The van der Waals surface area contributed by atoms with Gasteiger partial charge in [-0.1, -0.05) is 22.0 Å². The molecule has 0 radical (unpaired) electrons. The van der Waals surface area contributed by atoms with Crippen LogP contribution in [0.5, 0.6) is 0 Å². The Morgan fingerprint density at radius 2 is 2.35 bits per heavy atom. The van der Waals surface area contributed by atoms with Crippen molar-refractivity contribution >= 4 is 33.2 Å². The van der Waals surface area contributed by atoms with Crippen molar-refractivity contribution in [3.63, 3.8) is 0 Å². The van der Waals surface area contributed by atoms with Gasteiger partial charge in [0.05, 0.1) is 18.7 Å². The third-order valence-electron chi connectivity index (χ3n) is 2.89. The van der Waals surface area contributed by atoms with E-state index in [1.165, 1.54) is 7.11 Å². The fourth-order valence-corrected chi connectivity index (χ4v) is 2.92. The Morgan fingerprint density at radius 3 is 2.95 bits per heavy atom. The van der Waals surface area contributed by atoms with Gasteiger partial charge in [0.15, 0.2) is 0 Å². The number of ether oxygens (including phenoxy) is 1. The lowest BCUT2D eigenvalue weighted by molar-refractivity contribution is 0.0600. The van der Waals surface area contributed by atoms with Crippen LogP contribution in [-0.2, 0) is 11.3 Å². The number of benzene rings is 1. The highest BCUT2D eigenvalue weighted by molar-refractivity contribution is 9.10. The first-order valence-corrected chi connectivity index (χ1v) is 7.78. The van der Waals surface area contributed by atoms with Crippen LogP contribution in [0.4, 0.5) is 0 Å². The van der Waals surface area contributed by atoms with Gasteiger partial charge in [0.2, 0.25) is 0 Å². The van der Waals surface area contributed by atoms with Crippen LogP contribution in [0.3, 0.4) is 0 Å². The van der Waals surface area contributed by atoms with Gasteiger partial charge in [0.25, 0.3) is 0 Å². The molecule has 0 saturated heterocycles. The number of nitrogens with one attached hydrogen (secondary N) is 1. The van der Waals surface area contributed by atoms with Crippen LogP contribution in [0.1, 0.15) is 33.9 Å². The maximum Gasteiger partial charge on any atom is 0.337 e. The van der Waals surface area contributed by atoms with E-state index in [0.717, 1.165) is 15.0 Å². The van der Waals surface area contributed by atoms with Gasteiger partial charge in [-0.05, 0) is 24.6 Å². The molecule has 1 unspecified atom stereocenters. The van der Waals surface area contributed by atoms with E-state index in [9.17, 15) is 4.79 Å². The zero-order chi connectivity index (χ0) is 14.5. The smallest absolute Gasteiger partial charge is 0.337 e. The van der Waals surface area contributed by atoms with Crippen LogP contribution in [0.25, 0.3) is 0 Å². The minimum atomic E-state index is -0.332. The maximum absolute atomic E-state index is 11.4. The summed E-state index contributed by atoms with van der Waals surface area (Å²) in [7, 11) is 1.38. The van der Waals surface area contributed by atoms with Crippen LogP contribution >= 0.6 is 27.3 Å². The Morgan fingerprint density at radius 1 is 1.55 bits per heavy atom. The summed E-state index contributed by atoms with van der Waals surface area (Å²) >= 11 is 5.12. The van der Waals surface area contributed by atoms with Crippen molar-refractivity contribution in [1.29, 1.82) is 0 Å². The van der Waals surface area contributed by atoms with Gasteiger partial charge in [-0.25, -0.2) is 9.78 Å². The number of methoxy groups -OCH3 is 1. The number of esters is 1. The highest BCUT2D eigenvalue weighted by Crippen LogP contribution is 2.21. The summed E-state index contributed by atoms with van der Waals surface area (Å²) in [6.45, 7) is 2.78. The maximum atomic E-state index is 11.4. The second kappa shape index (κ2) is 6.97. The van der Waals surface area contributed by atoms with E-state index in [1.54, 1.807) is 29.7 Å². The van der Waals surface area contributed by atoms with Crippen molar-refractivity contribution in [2.75, 3.05) is 7.11 Å². The highest BCUT2D eigenvalue weighted by Gasteiger charge is 2.11. The molecule has 0 fully saturated rings. The van der Waals surface area contributed by atoms with Crippen LogP contribution in [-0.4, -0.2) is 18.1 Å². The molecular weight excluding hydrogens is 340 g/mol. The number of hydrogen-bond donors (Lipinski definition) is 1. The molecule has 1 aromatic carbocycles. The van der Waals surface area contributed by atoms with Gasteiger partial charge in [0, 0.05) is 22.6 Å². The molecule has 2 aromatic rings. The fraction of sp³-hybridized carbons (Fsp3) is 0.286. The van der Waals surface area contributed by atoms with Crippen molar-refractivity contribution in [1.82, 2.24) is 10.3 Å². The average molecular weight is 355 g/mol. The monoisotopic (exact) mass is 354 g/mol. The second-order valence-corrected chi connectivity index (χ2v) is 6.05. The zero-order valence-electron chi connectivity index (χ0n) is 11.2. The van der Waals surface area contributed by atoms with Crippen molar-refractivity contribution in [2.45, 2.75) is 19.5 Å². The second-order valence-electron chi connectivity index (χ2n) is 4.27. The molecule has 0 spiro atoms. The molecule has 0 saturated carbocycles. The summed E-state index contributed by atoms with van der Waals surface area (Å²) in [6.07, 6.45) is 1.80. The molecule has 20 heavy (non-hydrogen) atoms. The van der Waals surface area contributed by atoms with Gasteiger partial charge in [0.1, 0.15) is 5.01 Å². The molecular formula is C14H15BrN2O2S. The quantitative estimate of drug-likeness (QED) is 0.834. The Kier molecular flexibility index (Phi) is 5.28. The van der Waals surface area contributed by atoms with E-state index >= 15 is 0 Å². The van der Waals surface area contributed by atoms with E-state index in [0.29, 0.717) is 12.1 Å². The Balaban J connectivity index is 2.01.